The summed E-state index contributed by atoms with van der Waals surface area (Å²) in [6.45, 7) is 4.48. The molecule has 2 aliphatic rings. The van der Waals surface area contributed by atoms with E-state index in [1.54, 1.807) is 18.2 Å². The number of carbonyl (C=O) groups excluding carboxylic acids is 2. The van der Waals surface area contributed by atoms with Crippen molar-refractivity contribution in [3.63, 3.8) is 0 Å². The van der Waals surface area contributed by atoms with E-state index in [0.29, 0.717) is 47.9 Å². The minimum absolute atomic E-state index is 0.190. The van der Waals surface area contributed by atoms with E-state index in [0.717, 1.165) is 12.8 Å². The van der Waals surface area contributed by atoms with Gasteiger partial charge in [0.05, 0.1) is 32.1 Å². The normalized spacial score (nSPS) is 20.1. The highest BCUT2D eigenvalue weighted by molar-refractivity contribution is 6.31. The third kappa shape index (κ3) is 3.85. The van der Waals surface area contributed by atoms with E-state index in [1.807, 2.05) is 6.92 Å². The highest BCUT2D eigenvalue weighted by Gasteiger charge is 2.41. The molecule has 2 N–H and O–H groups in total. The summed E-state index contributed by atoms with van der Waals surface area (Å²) in [5.74, 6) is -1.26. The number of hydrogen-bond acceptors (Lipinski definition) is 6. The quantitative estimate of drug-likeness (QED) is 0.737. The number of methoxy groups -OCH3 is 1. The van der Waals surface area contributed by atoms with Crippen LogP contribution in [0.1, 0.15) is 30.3 Å². The maximum absolute atomic E-state index is 13.0. The lowest BCUT2D eigenvalue weighted by atomic mass is 10.0. The number of hydrogen-bond donors (Lipinski definition) is 2. The van der Waals surface area contributed by atoms with Crippen LogP contribution in [0.4, 0.5) is 5.69 Å². The molecule has 2 aromatic rings. The number of anilines is 1. The fourth-order valence-corrected chi connectivity index (χ4v) is 4.15. The molecule has 2 fully saturated rings. The van der Waals surface area contributed by atoms with Gasteiger partial charge in [0.2, 0.25) is 5.91 Å². The van der Waals surface area contributed by atoms with E-state index >= 15 is 0 Å². The van der Waals surface area contributed by atoms with Gasteiger partial charge in [-0.3, -0.25) is 9.69 Å². The molecule has 0 bridgehead atoms. The Kier molecular flexibility index (Phi) is 5.52. The van der Waals surface area contributed by atoms with Gasteiger partial charge in [0.25, 0.3) is 0 Å². The Morgan fingerprint density at radius 3 is 2.62 bits per heavy atom. The molecule has 2 saturated heterocycles. The Hall–Kier alpha value is -2.13. The molecule has 0 aliphatic carbocycles. The van der Waals surface area contributed by atoms with Crippen molar-refractivity contribution in [1.29, 1.82) is 0 Å². The molecule has 3 heterocycles. The van der Waals surface area contributed by atoms with Gasteiger partial charge in [-0.1, -0.05) is 11.6 Å². The average Bonchev–Trinajstić information content (AvgIpc) is 3.32. The Balaban J connectivity index is 1.52. The van der Waals surface area contributed by atoms with Crippen molar-refractivity contribution in [2.45, 2.75) is 31.6 Å². The van der Waals surface area contributed by atoms with Gasteiger partial charge < -0.3 is 24.5 Å². The molecule has 1 spiro atoms. The summed E-state index contributed by atoms with van der Waals surface area (Å²) in [6, 6.07) is 4.80. The van der Waals surface area contributed by atoms with Crippen molar-refractivity contribution in [2.75, 3.05) is 38.7 Å². The number of likely N-dealkylation sites (tertiary alicyclic amines) is 1. The molecule has 29 heavy (non-hydrogen) atoms. The first-order valence-electron chi connectivity index (χ1n) is 9.65. The molecule has 1 atom stereocenters. The van der Waals surface area contributed by atoms with Gasteiger partial charge in [-0.25, -0.2) is 4.79 Å². The number of fused-ring (bicyclic) bond motifs is 1. The number of halogens is 1. The molecule has 0 radical (unpaired) electrons. The predicted octanol–water partition coefficient (Wildman–Crippen LogP) is 2.77. The summed E-state index contributed by atoms with van der Waals surface area (Å²) in [5.41, 5.74) is 1.26. The van der Waals surface area contributed by atoms with Crippen LogP contribution in [0.25, 0.3) is 10.9 Å². The lowest BCUT2D eigenvalue weighted by molar-refractivity contribution is -0.187. The van der Waals surface area contributed by atoms with E-state index in [1.165, 1.54) is 7.11 Å². The molecule has 9 heteroatoms. The monoisotopic (exact) mass is 421 g/mol. The first kappa shape index (κ1) is 20.2. The van der Waals surface area contributed by atoms with Crippen LogP contribution in [0.15, 0.2) is 18.2 Å². The third-order valence-corrected chi connectivity index (χ3v) is 5.93. The molecule has 8 nitrogen and oxygen atoms in total. The Morgan fingerprint density at radius 1 is 1.28 bits per heavy atom. The summed E-state index contributed by atoms with van der Waals surface area (Å²) in [6.07, 6.45) is 1.45. The standard InChI is InChI=1S/C20H24ClN3O5/c1-12(24-7-5-20(6-8-24)28-9-10-29-20)18(25)23-16-14-11-13(21)3-4-15(14)22-17(16)19(26)27-2/h3-4,11-12,22H,5-10H2,1-2H3,(H,23,25)/t12-/m1/s1. The molecular weight excluding hydrogens is 398 g/mol. The molecule has 2 aliphatic heterocycles. The fraction of sp³-hybridized carbons (Fsp3) is 0.500. The number of amides is 1. The Morgan fingerprint density at radius 2 is 1.97 bits per heavy atom. The maximum atomic E-state index is 13.0. The fourth-order valence-electron chi connectivity index (χ4n) is 3.98. The number of carbonyl (C=O) groups is 2. The highest BCUT2D eigenvalue weighted by Crippen LogP contribution is 2.33. The maximum Gasteiger partial charge on any atom is 0.356 e. The molecule has 4 rings (SSSR count). The number of benzene rings is 1. The third-order valence-electron chi connectivity index (χ3n) is 5.70. The van der Waals surface area contributed by atoms with E-state index in [2.05, 4.69) is 15.2 Å². The average molecular weight is 422 g/mol. The second-order valence-electron chi connectivity index (χ2n) is 7.37. The van der Waals surface area contributed by atoms with Crippen LogP contribution >= 0.6 is 11.6 Å². The lowest BCUT2D eigenvalue weighted by Gasteiger charge is -2.39. The molecular formula is C20H24ClN3O5. The molecule has 1 aromatic carbocycles. The van der Waals surface area contributed by atoms with Crippen LogP contribution < -0.4 is 5.32 Å². The van der Waals surface area contributed by atoms with Gasteiger partial charge in [0.15, 0.2) is 5.79 Å². The van der Waals surface area contributed by atoms with E-state index in [9.17, 15) is 9.59 Å². The summed E-state index contributed by atoms with van der Waals surface area (Å²) in [4.78, 5) is 30.3. The number of aromatic nitrogens is 1. The number of ether oxygens (including phenoxy) is 3. The van der Waals surface area contributed by atoms with Gasteiger partial charge in [-0.05, 0) is 25.1 Å². The largest absolute Gasteiger partial charge is 0.464 e. The first-order chi connectivity index (χ1) is 13.9. The van der Waals surface area contributed by atoms with Crippen LogP contribution in [0.3, 0.4) is 0 Å². The summed E-state index contributed by atoms with van der Waals surface area (Å²) in [5, 5.41) is 4.07. The molecule has 1 amide bonds. The van der Waals surface area contributed by atoms with Crippen molar-refractivity contribution in [2.24, 2.45) is 0 Å². The first-order valence-corrected chi connectivity index (χ1v) is 10.0. The number of nitrogens with zero attached hydrogens (tertiary/aromatic N) is 1. The van der Waals surface area contributed by atoms with Crippen molar-refractivity contribution in [3.05, 3.63) is 28.9 Å². The minimum Gasteiger partial charge on any atom is -0.464 e. The van der Waals surface area contributed by atoms with Crippen LogP contribution in [-0.2, 0) is 19.0 Å². The zero-order chi connectivity index (χ0) is 20.6. The van der Waals surface area contributed by atoms with E-state index < -0.39 is 11.8 Å². The van der Waals surface area contributed by atoms with Gasteiger partial charge >= 0.3 is 5.97 Å². The smallest absolute Gasteiger partial charge is 0.356 e. The van der Waals surface area contributed by atoms with Crippen molar-refractivity contribution in [1.82, 2.24) is 9.88 Å². The van der Waals surface area contributed by atoms with Crippen LogP contribution in [0.5, 0.6) is 0 Å². The zero-order valence-electron chi connectivity index (χ0n) is 16.4. The highest BCUT2D eigenvalue weighted by atomic mass is 35.5. The number of nitrogens with one attached hydrogen (secondary N) is 2. The van der Waals surface area contributed by atoms with Crippen LogP contribution in [0.2, 0.25) is 5.02 Å². The van der Waals surface area contributed by atoms with Crippen molar-refractivity contribution < 1.29 is 23.8 Å². The summed E-state index contributed by atoms with van der Waals surface area (Å²) >= 11 is 6.12. The Labute approximate surface area is 173 Å². The summed E-state index contributed by atoms with van der Waals surface area (Å²) in [7, 11) is 1.30. The molecule has 0 unspecified atom stereocenters. The number of piperidine rings is 1. The molecule has 0 saturated carbocycles. The number of esters is 1. The van der Waals surface area contributed by atoms with Crippen LogP contribution in [-0.4, -0.2) is 67.0 Å². The predicted molar refractivity (Wildman–Crippen MR) is 108 cm³/mol. The molecule has 1 aromatic heterocycles. The van der Waals surface area contributed by atoms with Crippen molar-refractivity contribution in [3.8, 4) is 0 Å². The SMILES string of the molecule is COC(=O)c1[nH]c2ccc(Cl)cc2c1NC(=O)[C@@H](C)N1CCC2(CC1)OCCO2. The zero-order valence-corrected chi connectivity index (χ0v) is 17.2. The van der Waals surface area contributed by atoms with Gasteiger partial charge in [0.1, 0.15) is 5.69 Å². The van der Waals surface area contributed by atoms with Gasteiger partial charge in [-0.15, -0.1) is 0 Å². The minimum atomic E-state index is -0.560. The lowest BCUT2D eigenvalue weighted by Crippen LogP contribution is -2.51. The summed E-state index contributed by atoms with van der Waals surface area (Å²) < 4.78 is 16.4. The molecule has 156 valence electrons. The van der Waals surface area contributed by atoms with E-state index in [4.69, 9.17) is 25.8 Å². The Bertz CT molecular complexity index is 928. The number of H-pyrrole nitrogens is 1. The number of rotatable bonds is 4. The van der Waals surface area contributed by atoms with Crippen molar-refractivity contribution >= 4 is 40.1 Å². The number of aromatic amines is 1. The topological polar surface area (TPSA) is 92.9 Å². The second-order valence-corrected chi connectivity index (χ2v) is 7.80. The van der Waals surface area contributed by atoms with Crippen LogP contribution in [0, 0.1) is 0 Å². The van der Waals surface area contributed by atoms with E-state index in [-0.39, 0.29) is 17.6 Å². The van der Waals surface area contributed by atoms with Gasteiger partial charge in [-0.2, -0.15) is 0 Å². The second kappa shape index (κ2) is 7.95. The van der Waals surface area contributed by atoms with Gasteiger partial charge in [0, 0.05) is 41.9 Å².